The molecular weight excluding hydrogens is 249 g/mol. The van der Waals surface area contributed by atoms with Crippen LogP contribution in [-0.2, 0) is 11.4 Å². The molecule has 0 radical (unpaired) electrons. The molecule has 14 heavy (non-hydrogen) atoms. The topological polar surface area (TPSA) is 35.2 Å². The summed E-state index contributed by atoms with van der Waals surface area (Å²) in [6.45, 7) is 4.18. The van der Waals surface area contributed by atoms with E-state index in [0.717, 1.165) is 5.56 Å². The van der Waals surface area contributed by atoms with Crippen LogP contribution in [0, 0.1) is 5.82 Å². The molecular formula is C10H13BrFNO. The minimum atomic E-state index is -0.208. The Labute approximate surface area is 91.3 Å². The van der Waals surface area contributed by atoms with Gasteiger partial charge in [0.2, 0.25) is 0 Å². The molecule has 1 aromatic carbocycles. The molecule has 0 atom stereocenters. The van der Waals surface area contributed by atoms with E-state index in [0.29, 0.717) is 16.6 Å². The molecule has 0 saturated carbocycles. The van der Waals surface area contributed by atoms with Crippen molar-refractivity contribution in [2.45, 2.75) is 26.4 Å². The van der Waals surface area contributed by atoms with Crippen LogP contribution in [-0.4, -0.2) is 0 Å². The Morgan fingerprint density at radius 1 is 1.50 bits per heavy atom. The molecule has 0 fully saturated rings. The van der Waals surface area contributed by atoms with Crippen LogP contribution in [0.4, 0.5) is 4.39 Å². The van der Waals surface area contributed by atoms with E-state index in [4.69, 9.17) is 5.90 Å². The van der Waals surface area contributed by atoms with Crippen molar-refractivity contribution in [3.63, 3.8) is 0 Å². The second-order valence-corrected chi connectivity index (χ2v) is 4.30. The van der Waals surface area contributed by atoms with Gasteiger partial charge in [0.15, 0.2) is 0 Å². The third kappa shape index (κ3) is 2.53. The molecule has 0 aliphatic rings. The van der Waals surface area contributed by atoms with Crippen molar-refractivity contribution in [2.24, 2.45) is 5.90 Å². The molecule has 0 unspecified atom stereocenters. The van der Waals surface area contributed by atoms with Crippen LogP contribution in [0.2, 0.25) is 0 Å². The predicted octanol–water partition coefficient (Wildman–Crippen LogP) is 3.10. The number of rotatable bonds is 3. The Bertz CT molecular complexity index is 328. The first-order valence-corrected chi connectivity index (χ1v) is 5.15. The van der Waals surface area contributed by atoms with Gasteiger partial charge in [-0.15, -0.1) is 0 Å². The Kier molecular flexibility index (Phi) is 4.04. The fourth-order valence-electron chi connectivity index (χ4n) is 1.27. The standard InChI is InChI=1S/C10H13BrFNO/c1-6(2)8-3-7(5-14-13)4-9(11)10(8)12/h3-4,6H,5,13H2,1-2H3. The molecule has 1 rings (SSSR count). The summed E-state index contributed by atoms with van der Waals surface area (Å²) in [5, 5.41) is 0. The number of hydrogen-bond acceptors (Lipinski definition) is 2. The minimum absolute atomic E-state index is 0.143. The Morgan fingerprint density at radius 3 is 2.64 bits per heavy atom. The van der Waals surface area contributed by atoms with E-state index < -0.39 is 0 Å². The van der Waals surface area contributed by atoms with Gasteiger partial charge in [0.1, 0.15) is 5.82 Å². The van der Waals surface area contributed by atoms with E-state index >= 15 is 0 Å². The Hall–Kier alpha value is -0.450. The normalized spacial score (nSPS) is 11.0. The Balaban J connectivity index is 3.14. The third-order valence-electron chi connectivity index (χ3n) is 1.99. The summed E-state index contributed by atoms with van der Waals surface area (Å²) in [5.41, 5.74) is 1.54. The van der Waals surface area contributed by atoms with Crippen LogP contribution in [0.25, 0.3) is 0 Å². The third-order valence-corrected chi connectivity index (χ3v) is 2.57. The summed E-state index contributed by atoms with van der Waals surface area (Å²) < 4.78 is 14.0. The first-order chi connectivity index (χ1) is 6.56. The number of hydrogen-bond donors (Lipinski definition) is 1. The van der Waals surface area contributed by atoms with Crippen molar-refractivity contribution < 1.29 is 9.23 Å². The largest absolute Gasteiger partial charge is 0.300 e. The van der Waals surface area contributed by atoms with E-state index in [1.165, 1.54) is 0 Å². The summed E-state index contributed by atoms with van der Waals surface area (Å²) in [5.74, 6) is 4.90. The first kappa shape index (κ1) is 11.6. The summed E-state index contributed by atoms with van der Waals surface area (Å²) in [6, 6.07) is 3.45. The van der Waals surface area contributed by atoms with Crippen molar-refractivity contribution in [1.82, 2.24) is 0 Å². The van der Waals surface area contributed by atoms with Gasteiger partial charge >= 0.3 is 0 Å². The summed E-state index contributed by atoms with van der Waals surface area (Å²) in [7, 11) is 0. The van der Waals surface area contributed by atoms with Crippen LogP contribution >= 0.6 is 15.9 Å². The highest BCUT2D eigenvalue weighted by Gasteiger charge is 2.11. The van der Waals surface area contributed by atoms with E-state index in [2.05, 4.69) is 20.8 Å². The molecule has 4 heteroatoms. The summed E-state index contributed by atoms with van der Waals surface area (Å²) in [6.07, 6.45) is 0. The Morgan fingerprint density at radius 2 is 2.14 bits per heavy atom. The molecule has 0 saturated heterocycles. The van der Waals surface area contributed by atoms with Crippen molar-refractivity contribution in [2.75, 3.05) is 0 Å². The van der Waals surface area contributed by atoms with Gasteiger partial charge in [0, 0.05) is 0 Å². The first-order valence-electron chi connectivity index (χ1n) is 4.35. The molecule has 0 heterocycles. The van der Waals surface area contributed by atoms with E-state index in [9.17, 15) is 4.39 Å². The van der Waals surface area contributed by atoms with Gasteiger partial charge in [-0.05, 0) is 39.0 Å². The van der Waals surface area contributed by atoms with Crippen LogP contribution < -0.4 is 5.90 Å². The molecule has 2 nitrogen and oxygen atoms in total. The van der Waals surface area contributed by atoms with Crippen molar-refractivity contribution in [3.05, 3.63) is 33.5 Å². The number of halogens is 2. The molecule has 78 valence electrons. The van der Waals surface area contributed by atoms with Crippen molar-refractivity contribution >= 4 is 15.9 Å². The number of benzene rings is 1. The maximum absolute atomic E-state index is 13.6. The molecule has 2 N–H and O–H groups in total. The van der Waals surface area contributed by atoms with Crippen molar-refractivity contribution in [3.8, 4) is 0 Å². The zero-order valence-electron chi connectivity index (χ0n) is 8.18. The molecule has 0 aliphatic carbocycles. The molecule has 0 amide bonds. The zero-order chi connectivity index (χ0) is 10.7. The SMILES string of the molecule is CC(C)c1cc(CON)cc(Br)c1F. The van der Waals surface area contributed by atoms with Gasteiger partial charge in [-0.2, -0.15) is 0 Å². The molecule has 0 aliphatic heterocycles. The van der Waals surface area contributed by atoms with E-state index in [1.807, 2.05) is 13.8 Å². The highest BCUT2D eigenvalue weighted by Crippen LogP contribution is 2.26. The average Bonchev–Trinajstić information content (AvgIpc) is 2.11. The fraction of sp³-hybridized carbons (Fsp3) is 0.400. The molecule has 0 spiro atoms. The lowest BCUT2D eigenvalue weighted by Crippen LogP contribution is -2.02. The lowest BCUT2D eigenvalue weighted by atomic mass is 10.0. The average molecular weight is 262 g/mol. The van der Waals surface area contributed by atoms with Gasteiger partial charge < -0.3 is 0 Å². The van der Waals surface area contributed by atoms with E-state index in [1.54, 1.807) is 12.1 Å². The van der Waals surface area contributed by atoms with Crippen LogP contribution in [0.1, 0.15) is 30.9 Å². The highest BCUT2D eigenvalue weighted by atomic mass is 79.9. The van der Waals surface area contributed by atoms with Crippen molar-refractivity contribution in [1.29, 1.82) is 0 Å². The van der Waals surface area contributed by atoms with Crippen LogP contribution in [0.5, 0.6) is 0 Å². The van der Waals surface area contributed by atoms with Gasteiger partial charge in [0.05, 0.1) is 11.1 Å². The lowest BCUT2D eigenvalue weighted by molar-refractivity contribution is 0.124. The van der Waals surface area contributed by atoms with Gasteiger partial charge in [-0.3, -0.25) is 4.84 Å². The summed E-state index contributed by atoms with van der Waals surface area (Å²) >= 11 is 3.16. The maximum atomic E-state index is 13.6. The highest BCUT2D eigenvalue weighted by molar-refractivity contribution is 9.10. The maximum Gasteiger partial charge on any atom is 0.140 e. The quantitative estimate of drug-likeness (QED) is 0.849. The zero-order valence-corrected chi connectivity index (χ0v) is 9.77. The molecule has 0 aromatic heterocycles. The minimum Gasteiger partial charge on any atom is -0.300 e. The van der Waals surface area contributed by atoms with Crippen LogP contribution in [0.3, 0.4) is 0 Å². The molecule has 1 aromatic rings. The van der Waals surface area contributed by atoms with Gasteiger partial charge in [0.25, 0.3) is 0 Å². The monoisotopic (exact) mass is 261 g/mol. The predicted molar refractivity (Wildman–Crippen MR) is 57.2 cm³/mol. The molecule has 0 bridgehead atoms. The second kappa shape index (κ2) is 4.87. The number of nitrogens with two attached hydrogens (primary N) is 1. The van der Waals surface area contributed by atoms with E-state index in [-0.39, 0.29) is 11.7 Å². The van der Waals surface area contributed by atoms with Gasteiger partial charge in [-0.1, -0.05) is 19.9 Å². The van der Waals surface area contributed by atoms with Gasteiger partial charge in [-0.25, -0.2) is 10.3 Å². The second-order valence-electron chi connectivity index (χ2n) is 3.45. The fourth-order valence-corrected chi connectivity index (χ4v) is 1.79. The lowest BCUT2D eigenvalue weighted by Gasteiger charge is -2.10. The smallest absolute Gasteiger partial charge is 0.140 e. The summed E-state index contributed by atoms with van der Waals surface area (Å²) in [4.78, 5) is 4.51. The van der Waals surface area contributed by atoms with Crippen LogP contribution in [0.15, 0.2) is 16.6 Å².